The summed E-state index contributed by atoms with van der Waals surface area (Å²) in [7, 11) is 1.51. The number of allylic oxidation sites excluding steroid dienone is 3. The lowest BCUT2D eigenvalue weighted by Crippen LogP contribution is -2.12. The van der Waals surface area contributed by atoms with Crippen LogP contribution in [0.4, 0.5) is 0 Å². The lowest BCUT2D eigenvalue weighted by molar-refractivity contribution is -0.118. The summed E-state index contributed by atoms with van der Waals surface area (Å²) in [5, 5.41) is 0. The topological polar surface area (TPSA) is 35.5 Å². The number of hydrogen-bond donors (Lipinski definition) is 0. The van der Waals surface area contributed by atoms with Gasteiger partial charge in [0.15, 0.2) is 5.76 Å². The first-order chi connectivity index (χ1) is 6.29. The third-order valence-corrected chi connectivity index (χ3v) is 1.61. The van der Waals surface area contributed by atoms with Crippen LogP contribution in [0.1, 0.15) is 6.42 Å². The zero-order chi connectivity index (χ0) is 9.68. The molecule has 1 aliphatic carbocycles. The molecule has 70 valence electrons. The molecule has 0 aromatic carbocycles. The van der Waals surface area contributed by atoms with Gasteiger partial charge in [-0.3, -0.25) is 4.79 Å². The Morgan fingerprint density at radius 1 is 1.69 bits per heavy atom. The number of hydrogen-bond acceptors (Lipinski definition) is 3. The van der Waals surface area contributed by atoms with Gasteiger partial charge in [0.05, 0.1) is 7.11 Å². The van der Waals surface area contributed by atoms with E-state index in [9.17, 15) is 4.79 Å². The Bertz CT molecular complexity index is 274. The third kappa shape index (κ3) is 2.21. The number of methoxy groups -OCH3 is 1. The van der Waals surface area contributed by atoms with E-state index in [0.717, 1.165) is 0 Å². The Morgan fingerprint density at radius 2 is 2.46 bits per heavy atom. The highest BCUT2D eigenvalue weighted by Crippen LogP contribution is 2.17. The molecule has 0 bridgehead atoms. The number of carbonyl (C=O) groups is 1. The minimum Gasteiger partial charge on any atom is -0.493 e. The second-order valence-electron chi connectivity index (χ2n) is 2.53. The van der Waals surface area contributed by atoms with Gasteiger partial charge < -0.3 is 9.47 Å². The van der Waals surface area contributed by atoms with Crippen LogP contribution in [0.25, 0.3) is 0 Å². The zero-order valence-electron chi connectivity index (χ0n) is 7.58. The van der Waals surface area contributed by atoms with Crippen LogP contribution in [0.15, 0.2) is 36.3 Å². The van der Waals surface area contributed by atoms with Crippen LogP contribution in [0.3, 0.4) is 0 Å². The van der Waals surface area contributed by atoms with Gasteiger partial charge in [-0.15, -0.1) is 0 Å². The molecule has 0 radical (unpaired) electrons. The predicted octanol–water partition coefficient (Wildman–Crippen LogP) is 1.58. The van der Waals surface area contributed by atoms with Crippen molar-refractivity contribution in [1.82, 2.24) is 0 Å². The Kier molecular flexibility index (Phi) is 3.31. The molecule has 3 heteroatoms. The van der Waals surface area contributed by atoms with Crippen molar-refractivity contribution in [3.63, 3.8) is 0 Å². The summed E-state index contributed by atoms with van der Waals surface area (Å²) < 4.78 is 10.2. The average molecular weight is 180 g/mol. The molecule has 0 aliphatic heterocycles. The van der Waals surface area contributed by atoms with Crippen LogP contribution in [0.2, 0.25) is 0 Å². The molecule has 13 heavy (non-hydrogen) atoms. The lowest BCUT2D eigenvalue weighted by Gasteiger charge is -2.13. The highest BCUT2D eigenvalue weighted by atomic mass is 16.5. The fraction of sp³-hybridized carbons (Fsp3) is 0.300. The maximum absolute atomic E-state index is 11.3. The van der Waals surface area contributed by atoms with Crippen LogP contribution in [0, 0.1) is 0 Å². The highest BCUT2D eigenvalue weighted by Gasteiger charge is 2.18. The first-order valence-electron chi connectivity index (χ1n) is 4.01. The van der Waals surface area contributed by atoms with Gasteiger partial charge in [0.2, 0.25) is 11.5 Å². The van der Waals surface area contributed by atoms with E-state index >= 15 is 0 Å². The Balaban J connectivity index is 2.81. The molecule has 0 saturated carbocycles. The molecule has 0 unspecified atom stereocenters. The summed E-state index contributed by atoms with van der Waals surface area (Å²) in [6.45, 7) is 3.82. The number of Topliss-reactive ketones (excluding diaryl/α,β-unsaturated/α-hetero) is 1. The fourth-order valence-corrected chi connectivity index (χ4v) is 1.03. The van der Waals surface area contributed by atoms with E-state index in [1.807, 2.05) is 0 Å². The molecule has 0 aromatic rings. The van der Waals surface area contributed by atoms with E-state index in [1.54, 1.807) is 18.2 Å². The Labute approximate surface area is 77.3 Å². The Morgan fingerprint density at radius 3 is 3.08 bits per heavy atom. The van der Waals surface area contributed by atoms with Crippen LogP contribution < -0.4 is 0 Å². The summed E-state index contributed by atoms with van der Waals surface area (Å²) in [5.74, 6) is 0.726. The fourth-order valence-electron chi connectivity index (χ4n) is 1.03. The minimum atomic E-state index is -0.0544. The van der Waals surface area contributed by atoms with Gasteiger partial charge in [0, 0.05) is 6.42 Å². The zero-order valence-corrected chi connectivity index (χ0v) is 7.58. The van der Waals surface area contributed by atoms with E-state index in [2.05, 4.69) is 6.58 Å². The third-order valence-electron chi connectivity index (χ3n) is 1.61. The molecule has 0 fully saturated rings. The predicted molar refractivity (Wildman–Crippen MR) is 48.9 cm³/mol. The summed E-state index contributed by atoms with van der Waals surface area (Å²) in [6.07, 6.45) is 5.45. The van der Waals surface area contributed by atoms with Gasteiger partial charge in [0.1, 0.15) is 6.61 Å². The van der Waals surface area contributed by atoms with Gasteiger partial charge in [-0.25, -0.2) is 0 Å². The SMILES string of the molecule is C=CCOC1=C(OC)C=CCC1=O. The smallest absolute Gasteiger partial charge is 0.205 e. The summed E-state index contributed by atoms with van der Waals surface area (Å²) in [6, 6.07) is 0. The average Bonchev–Trinajstić information content (AvgIpc) is 2.15. The number of ether oxygens (including phenoxy) is 2. The second-order valence-corrected chi connectivity index (χ2v) is 2.53. The van der Waals surface area contributed by atoms with Crippen molar-refractivity contribution in [2.45, 2.75) is 6.42 Å². The van der Waals surface area contributed by atoms with E-state index in [0.29, 0.717) is 24.5 Å². The molecular weight excluding hydrogens is 168 g/mol. The Hall–Kier alpha value is -1.51. The quantitative estimate of drug-likeness (QED) is 0.616. The van der Waals surface area contributed by atoms with Crippen LogP contribution in [-0.4, -0.2) is 19.5 Å². The number of ketones is 1. The van der Waals surface area contributed by atoms with Gasteiger partial charge >= 0.3 is 0 Å². The maximum atomic E-state index is 11.3. The molecule has 0 N–H and O–H groups in total. The summed E-state index contributed by atoms with van der Waals surface area (Å²) in [5.41, 5.74) is 0. The molecule has 0 spiro atoms. The normalized spacial score (nSPS) is 15.9. The molecule has 0 saturated heterocycles. The first-order valence-corrected chi connectivity index (χ1v) is 4.01. The molecule has 1 rings (SSSR count). The molecule has 0 aromatic heterocycles. The van der Waals surface area contributed by atoms with Gasteiger partial charge in [-0.2, -0.15) is 0 Å². The van der Waals surface area contributed by atoms with E-state index in [4.69, 9.17) is 9.47 Å². The number of carbonyl (C=O) groups excluding carboxylic acids is 1. The molecule has 0 amide bonds. The van der Waals surface area contributed by atoms with Crippen molar-refractivity contribution in [2.24, 2.45) is 0 Å². The van der Waals surface area contributed by atoms with Gasteiger partial charge in [-0.1, -0.05) is 18.7 Å². The first kappa shape index (κ1) is 9.58. The summed E-state index contributed by atoms with van der Waals surface area (Å²) >= 11 is 0. The van der Waals surface area contributed by atoms with Crippen molar-refractivity contribution in [1.29, 1.82) is 0 Å². The molecule has 3 nitrogen and oxygen atoms in total. The minimum absolute atomic E-state index is 0.0544. The van der Waals surface area contributed by atoms with Gasteiger partial charge in [0.25, 0.3) is 0 Å². The van der Waals surface area contributed by atoms with Crippen LogP contribution in [0.5, 0.6) is 0 Å². The number of rotatable bonds is 4. The van der Waals surface area contributed by atoms with Crippen molar-refractivity contribution < 1.29 is 14.3 Å². The maximum Gasteiger partial charge on any atom is 0.205 e. The van der Waals surface area contributed by atoms with E-state index < -0.39 is 0 Å². The van der Waals surface area contributed by atoms with Crippen LogP contribution >= 0.6 is 0 Å². The molecule has 0 heterocycles. The van der Waals surface area contributed by atoms with Crippen molar-refractivity contribution >= 4 is 5.78 Å². The van der Waals surface area contributed by atoms with Gasteiger partial charge in [-0.05, 0) is 6.08 Å². The summed E-state index contributed by atoms with van der Waals surface area (Å²) in [4.78, 5) is 11.3. The largest absolute Gasteiger partial charge is 0.493 e. The second kappa shape index (κ2) is 4.50. The lowest BCUT2D eigenvalue weighted by atomic mass is 10.1. The molecule has 1 aliphatic rings. The van der Waals surface area contributed by atoms with Crippen molar-refractivity contribution in [3.05, 3.63) is 36.3 Å². The monoisotopic (exact) mass is 180 g/mol. The molecule has 0 atom stereocenters. The highest BCUT2D eigenvalue weighted by molar-refractivity contribution is 5.96. The van der Waals surface area contributed by atoms with Crippen molar-refractivity contribution in [2.75, 3.05) is 13.7 Å². The molecular formula is C10H12O3. The van der Waals surface area contributed by atoms with Crippen molar-refractivity contribution in [3.8, 4) is 0 Å². The van der Waals surface area contributed by atoms with E-state index in [-0.39, 0.29) is 5.78 Å². The standard InChI is InChI=1S/C10H12O3/c1-3-7-13-10-8(11)5-4-6-9(10)12-2/h3-4,6H,1,5,7H2,2H3. The van der Waals surface area contributed by atoms with Crippen LogP contribution in [-0.2, 0) is 14.3 Å². The van der Waals surface area contributed by atoms with E-state index in [1.165, 1.54) is 7.11 Å².